The van der Waals surface area contributed by atoms with Crippen LogP contribution in [0.2, 0.25) is 0 Å². The van der Waals surface area contributed by atoms with Crippen molar-refractivity contribution in [1.29, 1.82) is 0 Å². The topological polar surface area (TPSA) is 28.7 Å². The van der Waals surface area contributed by atoms with E-state index in [0.717, 1.165) is 11.4 Å². The van der Waals surface area contributed by atoms with Gasteiger partial charge in [0.1, 0.15) is 0 Å². The molecule has 0 unspecified atom stereocenters. The van der Waals surface area contributed by atoms with Gasteiger partial charge < -0.3 is 34.8 Å². The molecule has 0 saturated carbocycles. The maximum Gasteiger partial charge on any atom is 2.00 e. The number of hydrogen-bond acceptors (Lipinski definition) is 1. The van der Waals surface area contributed by atoms with Crippen molar-refractivity contribution in [1.82, 2.24) is 9.97 Å². The van der Waals surface area contributed by atoms with Gasteiger partial charge in [-0.25, -0.2) is 0 Å². The van der Waals surface area contributed by atoms with Crippen LogP contribution >= 0.6 is 0 Å². The molecule has 1 aromatic heterocycles. The zero-order valence-corrected chi connectivity index (χ0v) is 28.2. The van der Waals surface area contributed by atoms with Gasteiger partial charge in [0.2, 0.25) is 0 Å². The molecule has 1 heterocycles. The molecular formula is C37H33Cl2N2Zr-3. The second-order valence-electron chi connectivity index (χ2n) is 9.97. The average molecular weight is 668 g/mol. The van der Waals surface area contributed by atoms with E-state index in [2.05, 4.69) is 151 Å². The molecule has 0 spiro atoms. The van der Waals surface area contributed by atoms with Crippen LogP contribution in [0, 0.1) is 34.0 Å². The summed E-state index contributed by atoms with van der Waals surface area (Å²) in [6.45, 7) is 8.21. The van der Waals surface area contributed by atoms with Gasteiger partial charge in [-0.05, 0) is 17.5 Å². The fourth-order valence-electron chi connectivity index (χ4n) is 4.88. The van der Waals surface area contributed by atoms with Crippen molar-refractivity contribution in [3.63, 3.8) is 0 Å². The predicted molar refractivity (Wildman–Crippen MR) is 166 cm³/mol. The van der Waals surface area contributed by atoms with Gasteiger partial charge in [-0.1, -0.05) is 117 Å². The van der Waals surface area contributed by atoms with Crippen LogP contribution in [0.25, 0.3) is 43.8 Å². The summed E-state index contributed by atoms with van der Waals surface area (Å²) in [6.07, 6.45) is 2.62. The first kappa shape index (κ1) is 35.0. The van der Waals surface area contributed by atoms with Gasteiger partial charge >= 0.3 is 26.2 Å². The molecule has 0 aliphatic carbocycles. The van der Waals surface area contributed by atoms with Gasteiger partial charge in [0.05, 0.1) is 0 Å². The van der Waals surface area contributed by atoms with Crippen LogP contribution in [0.5, 0.6) is 0 Å². The van der Waals surface area contributed by atoms with Crippen molar-refractivity contribution in [2.45, 2.75) is 27.7 Å². The van der Waals surface area contributed by atoms with Gasteiger partial charge in [0.15, 0.2) is 0 Å². The summed E-state index contributed by atoms with van der Waals surface area (Å²) < 4.78 is 0. The SMILES string of the molecule is Cc1cc2c(-c3ccccc3)cccc2[cH-]1.Cc1cc2c(-c3ccccc3)cccc2[cH-]1.Cc1n[c-][nH]c1C.[Cl-].[Cl-].[Zr+2]. The Labute approximate surface area is 280 Å². The molecule has 212 valence electrons. The second-order valence-corrected chi connectivity index (χ2v) is 9.97. The van der Waals surface area contributed by atoms with E-state index in [1.807, 2.05) is 13.8 Å². The molecule has 2 nitrogen and oxygen atoms in total. The van der Waals surface area contributed by atoms with Crippen molar-refractivity contribution < 1.29 is 51.0 Å². The maximum absolute atomic E-state index is 3.84. The summed E-state index contributed by atoms with van der Waals surface area (Å²) in [6, 6.07) is 43.1. The first-order valence-corrected chi connectivity index (χ1v) is 13.3. The Bertz CT molecular complexity index is 1670. The molecule has 42 heavy (non-hydrogen) atoms. The van der Waals surface area contributed by atoms with E-state index in [1.54, 1.807) is 0 Å². The van der Waals surface area contributed by atoms with Gasteiger partial charge in [-0.3, -0.25) is 0 Å². The molecule has 0 bridgehead atoms. The van der Waals surface area contributed by atoms with Gasteiger partial charge in [-0.15, -0.1) is 74.8 Å². The summed E-state index contributed by atoms with van der Waals surface area (Å²) >= 11 is 0. The molecule has 0 aliphatic rings. The fraction of sp³-hybridized carbons (Fsp3) is 0.108. The number of aromatic nitrogens is 2. The minimum absolute atomic E-state index is 0. The Hall–Kier alpha value is -3.23. The second kappa shape index (κ2) is 16.4. The predicted octanol–water partition coefficient (Wildman–Crippen LogP) is 3.90. The number of aromatic amines is 1. The number of halogens is 2. The van der Waals surface area contributed by atoms with Crippen LogP contribution in [0.4, 0.5) is 0 Å². The zero-order chi connectivity index (χ0) is 27.2. The van der Waals surface area contributed by atoms with Crippen molar-refractivity contribution in [2.75, 3.05) is 0 Å². The van der Waals surface area contributed by atoms with Gasteiger partial charge in [-0.2, -0.15) is 12.1 Å². The molecule has 0 fully saturated rings. The monoisotopic (exact) mass is 665 g/mol. The number of hydrogen-bond donors (Lipinski definition) is 1. The Kier molecular flexibility index (Phi) is 13.7. The quantitative estimate of drug-likeness (QED) is 0.279. The zero-order valence-electron chi connectivity index (χ0n) is 24.3. The normalized spacial score (nSPS) is 9.81. The Morgan fingerprint density at radius 2 is 1.00 bits per heavy atom. The smallest absolute Gasteiger partial charge is 1.00 e. The number of nitrogens with one attached hydrogen (secondary N) is 1. The number of imidazole rings is 1. The summed E-state index contributed by atoms with van der Waals surface area (Å²) in [5.74, 6) is 0. The largest absolute Gasteiger partial charge is 2.00 e. The minimum atomic E-state index is 0. The molecule has 0 atom stereocenters. The third-order valence-corrected chi connectivity index (χ3v) is 6.97. The standard InChI is InChI=1S/2C16H13.C5H7N2.2ClH.Zr/c2*1-12-10-14-8-5-9-15(16(14)11-12)13-6-3-2-4-7-13;1-4-5(2)7-3-6-4;;;/h2*2-11H,1H3;1-2H3,(H,6,7);2*1H;/q3*-1;;;+2/p-2. The average Bonchev–Trinajstić information content (AvgIpc) is 3.66. The summed E-state index contributed by atoms with van der Waals surface area (Å²) in [5, 5.41) is 5.37. The van der Waals surface area contributed by atoms with E-state index in [9.17, 15) is 0 Å². The van der Waals surface area contributed by atoms with Crippen molar-refractivity contribution in [2.24, 2.45) is 0 Å². The van der Waals surface area contributed by atoms with Crippen LogP contribution in [-0.4, -0.2) is 9.97 Å². The first-order valence-electron chi connectivity index (χ1n) is 13.3. The number of aryl methyl sites for hydroxylation is 4. The van der Waals surface area contributed by atoms with Gasteiger partial charge in [0.25, 0.3) is 0 Å². The van der Waals surface area contributed by atoms with Crippen LogP contribution in [0.15, 0.2) is 121 Å². The third-order valence-electron chi connectivity index (χ3n) is 6.97. The van der Waals surface area contributed by atoms with Crippen LogP contribution in [-0.2, 0) is 26.2 Å². The van der Waals surface area contributed by atoms with Crippen molar-refractivity contribution >= 4 is 21.5 Å². The summed E-state index contributed by atoms with van der Waals surface area (Å²) in [7, 11) is 0. The van der Waals surface area contributed by atoms with Gasteiger partial charge in [0, 0.05) is 0 Å². The number of fused-ring (bicyclic) bond motifs is 2. The van der Waals surface area contributed by atoms with Crippen LogP contribution in [0.1, 0.15) is 22.5 Å². The molecule has 0 radical (unpaired) electrons. The van der Waals surface area contributed by atoms with Crippen LogP contribution in [0.3, 0.4) is 0 Å². The Morgan fingerprint density at radius 1 is 0.571 bits per heavy atom. The Balaban J connectivity index is 0.000000227. The number of rotatable bonds is 2. The maximum atomic E-state index is 3.84. The van der Waals surface area contributed by atoms with Crippen molar-refractivity contribution in [3.05, 3.63) is 150 Å². The molecule has 5 heteroatoms. The Morgan fingerprint density at radius 3 is 1.33 bits per heavy atom. The molecule has 1 N–H and O–H groups in total. The van der Waals surface area contributed by atoms with E-state index in [0.29, 0.717) is 0 Å². The molecule has 7 aromatic rings. The van der Waals surface area contributed by atoms with Crippen molar-refractivity contribution in [3.8, 4) is 22.3 Å². The molecule has 6 aromatic carbocycles. The molecule has 0 saturated heterocycles. The van der Waals surface area contributed by atoms with E-state index in [-0.39, 0.29) is 51.0 Å². The molecule has 0 amide bonds. The fourth-order valence-corrected chi connectivity index (χ4v) is 4.88. The summed E-state index contributed by atoms with van der Waals surface area (Å²) in [5.41, 5.74) is 10.0. The van der Waals surface area contributed by atoms with E-state index in [4.69, 9.17) is 0 Å². The minimum Gasteiger partial charge on any atom is -1.00 e. The molecular weight excluding hydrogens is 635 g/mol. The number of nitrogens with zero attached hydrogens (tertiary/aromatic N) is 1. The van der Waals surface area contributed by atoms with E-state index in [1.165, 1.54) is 54.9 Å². The number of H-pyrrole nitrogens is 1. The summed E-state index contributed by atoms with van der Waals surface area (Å²) in [4.78, 5) is 6.67. The molecule has 0 aliphatic heterocycles. The first-order chi connectivity index (χ1) is 19.0. The molecule has 7 rings (SSSR count). The number of benzene rings is 4. The third kappa shape index (κ3) is 8.42. The van der Waals surface area contributed by atoms with E-state index < -0.39 is 0 Å². The van der Waals surface area contributed by atoms with E-state index >= 15 is 0 Å². The van der Waals surface area contributed by atoms with Crippen LogP contribution < -0.4 is 24.8 Å².